The van der Waals surface area contributed by atoms with Crippen molar-refractivity contribution in [1.82, 2.24) is 9.91 Å². The maximum absolute atomic E-state index is 12.3. The summed E-state index contributed by atoms with van der Waals surface area (Å²) in [5.41, 5.74) is -0.503. The molecule has 0 aliphatic carbocycles. The van der Waals surface area contributed by atoms with Crippen LogP contribution < -0.4 is 0 Å². The molecule has 7 nitrogen and oxygen atoms in total. The van der Waals surface area contributed by atoms with Gasteiger partial charge < -0.3 is 10.0 Å². The van der Waals surface area contributed by atoms with E-state index >= 15 is 0 Å². The minimum absolute atomic E-state index is 0.114. The van der Waals surface area contributed by atoms with E-state index in [2.05, 4.69) is 5.10 Å². The molecule has 2 heterocycles. The first-order valence-corrected chi connectivity index (χ1v) is 6.76. The van der Waals surface area contributed by atoms with Crippen molar-refractivity contribution < 1.29 is 19.5 Å². The topological polar surface area (TPSA) is 90.3 Å². The van der Waals surface area contributed by atoms with Crippen LogP contribution in [0.4, 0.5) is 0 Å². The molecule has 1 atom stereocenters. The van der Waals surface area contributed by atoms with Crippen LogP contribution in [0.25, 0.3) is 0 Å². The van der Waals surface area contributed by atoms with Gasteiger partial charge in [-0.25, -0.2) is 5.01 Å². The van der Waals surface area contributed by atoms with Gasteiger partial charge in [0.15, 0.2) is 0 Å². The molecular weight excluding hydrogens is 262 g/mol. The average Bonchev–Trinajstić information content (AvgIpc) is 2.87. The molecule has 0 spiro atoms. The largest absolute Gasteiger partial charge is 0.481 e. The average molecular weight is 281 g/mol. The highest BCUT2D eigenvalue weighted by Gasteiger charge is 2.45. The molecule has 20 heavy (non-hydrogen) atoms. The van der Waals surface area contributed by atoms with Crippen molar-refractivity contribution in [1.29, 1.82) is 0 Å². The van der Waals surface area contributed by atoms with E-state index in [1.807, 2.05) is 6.92 Å². The van der Waals surface area contributed by atoms with Crippen LogP contribution in [0, 0.1) is 5.41 Å². The Bertz CT molecular complexity index is 488. The number of carboxylic acids is 1. The van der Waals surface area contributed by atoms with Gasteiger partial charge in [-0.1, -0.05) is 6.92 Å². The molecule has 1 N–H and O–H groups in total. The molecule has 7 heteroatoms. The fraction of sp³-hybridized carbons (Fsp3) is 0.692. The lowest BCUT2D eigenvalue weighted by Gasteiger charge is -2.25. The lowest BCUT2D eigenvalue weighted by Crippen LogP contribution is -2.41. The van der Waals surface area contributed by atoms with E-state index in [0.717, 1.165) is 0 Å². The zero-order valence-corrected chi connectivity index (χ0v) is 11.8. The van der Waals surface area contributed by atoms with Gasteiger partial charge in [-0.05, 0) is 12.8 Å². The Hall–Kier alpha value is -1.92. The lowest BCUT2D eigenvalue weighted by atomic mass is 9.84. The van der Waals surface area contributed by atoms with Crippen molar-refractivity contribution in [2.45, 2.75) is 32.6 Å². The standard InChI is InChI=1S/C13H19N3O4/c1-3-13(12(19)20)6-7-16(8-13)11(18)9-4-5-10(17)15(2)14-9/h3-8H2,1-2H3,(H,19,20). The van der Waals surface area contributed by atoms with E-state index in [-0.39, 0.29) is 24.8 Å². The summed E-state index contributed by atoms with van der Waals surface area (Å²) in [7, 11) is 1.52. The summed E-state index contributed by atoms with van der Waals surface area (Å²) in [6, 6.07) is 0. The van der Waals surface area contributed by atoms with Crippen LogP contribution in [-0.2, 0) is 14.4 Å². The van der Waals surface area contributed by atoms with Gasteiger partial charge >= 0.3 is 5.97 Å². The molecule has 0 aromatic carbocycles. The molecule has 1 fully saturated rings. The molecule has 2 amide bonds. The van der Waals surface area contributed by atoms with E-state index < -0.39 is 11.4 Å². The third-order valence-corrected chi connectivity index (χ3v) is 4.23. The molecule has 2 aliphatic heterocycles. The Morgan fingerprint density at radius 1 is 1.40 bits per heavy atom. The lowest BCUT2D eigenvalue weighted by molar-refractivity contribution is -0.148. The molecule has 2 rings (SSSR count). The zero-order valence-electron chi connectivity index (χ0n) is 11.8. The van der Waals surface area contributed by atoms with E-state index in [1.165, 1.54) is 12.1 Å². The number of aliphatic carboxylic acids is 1. The minimum atomic E-state index is -0.854. The van der Waals surface area contributed by atoms with Crippen molar-refractivity contribution in [3.63, 3.8) is 0 Å². The van der Waals surface area contributed by atoms with Gasteiger partial charge in [0.05, 0.1) is 5.41 Å². The summed E-state index contributed by atoms with van der Waals surface area (Å²) in [5.74, 6) is -1.22. The van der Waals surface area contributed by atoms with Crippen LogP contribution in [0.5, 0.6) is 0 Å². The Labute approximate surface area is 117 Å². The highest BCUT2D eigenvalue weighted by Crippen LogP contribution is 2.34. The number of carbonyl (C=O) groups excluding carboxylic acids is 2. The number of nitrogens with zero attached hydrogens (tertiary/aromatic N) is 3. The monoisotopic (exact) mass is 281 g/mol. The Morgan fingerprint density at radius 3 is 2.60 bits per heavy atom. The Kier molecular flexibility index (Phi) is 3.78. The van der Waals surface area contributed by atoms with Gasteiger partial charge in [0.1, 0.15) is 5.71 Å². The van der Waals surface area contributed by atoms with Gasteiger partial charge in [-0.15, -0.1) is 0 Å². The van der Waals surface area contributed by atoms with Crippen molar-refractivity contribution >= 4 is 23.5 Å². The maximum Gasteiger partial charge on any atom is 0.311 e. The van der Waals surface area contributed by atoms with Crippen molar-refractivity contribution in [3.05, 3.63) is 0 Å². The second kappa shape index (κ2) is 5.22. The van der Waals surface area contributed by atoms with E-state index in [0.29, 0.717) is 31.5 Å². The van der Waals surface area contributed by atoms with Crippen LogP contribution >= 0.6 is 0 Å². The van der Waals surface area contributed by atoms with Gasteiger partial charge in [-0.2, -0.15) is 5.10 Å². The summed E-state index contributed by atoms with van der Waals surface area (Å²) in [5, 5.41) is 14.5. The number of carbonyl (C=O) groups is 3. The molecule has 110 valence electrons. The predicted octanol–water partition coefficient (Wildman–Crippen LogP) is 0.308. The molecule has 0 aromatic rings. The van der Waals surface area contributed by atoms with Crippen LogP contribution in [0.2, 0.25) is 0 Å². The molecule has 0 radical (unpaired) electrons. The summed E-state index contributed by atoms with van der Waals surface area (Å²) >= 11 is 0. The number of rotatable bonds is 3. The number of carboxylic acid groups (broad SMARTS) is 1. The predicted molar refractivity (Wildman–Crippen MR) is 71.0 cm³/mol. The Morgan fingerprint density at radius 2 is 2.10 bits per heavy atom. The quantitative estimate of drug-likeness (QED) is 0.806. The smallest absolute Gasteiger partial charge is 0.311 e. The number of hydrogen-bond donors (Lipinski definition) is 1. The molecule has 0 bridgehead atoms. The second-order valence-electron chi connectivity index (χ2n) is 5.38. The molecule has 0 aromatic heterocycles. The fourth-order valence-electron chi connectivity index (χ4n) is 2.67. The first-order chi connectivity index (χ1) is 9.39. The van der Waals surface area contributed by atoms with Crippen LogP contribution in [0.3, 0.4) is 0 Å². The molecule has 1 unspecified atom stereocenters. The van der Waals surface area contributed by atoms with Gasteiger partial charge in [-0.3, -0.25) is 14.4 Å². The van der Waals surface area contributed by atoms with E-state index in [9.17, 15) is 19.5 Å². The highest BCUT2D eigenvalue weighted by atomic mass is 16.4. The van der Waals surface area contributed by atoms with Gasteiger partial charge in [0.2, 0.25) is 5.91 Å². The maximum atomic E-state index is 12.3. The van der Waals surface area contributed by atoms with Crippen LogP contribution in [-0.4, -0.2) is 58.6 Å². The summed E-state index contributed by atoms with van der Waals surface area (Å²) in [4.78, 5) is 36.6. The first kappa shape index (κ1) is 14.5. The second-order valence-corrected chi connectivity index (χ2v) is 5.38. The number of likely N-dealkylation sites (tertiary alicyclic amines) is 1. The molecule has 1 saturated heterocycles. The summed E-state index contributed by atoms with van der Waals surface area (Å²) in [6.45, 7) is 2.47. The number of amides is 2. The van der Waals surface area contributed by atoms with Crippen molar-refractivity contribution in [2.75, 3.05) is 20.1 Å². The van der Waals surface area contributed by atoms with Crippen LogP contribution in [0.1, 0.15) is 32.6 Å². The van der Waals surface area contributed by atoms with Crippen molar-refractivity contribution in [3.8, 4) is 0 Å². The molecule has 2 aliphatic rings. The number of hydrogen-bond acceptors (Lipinski definition) is 4. The summed E-state index contributed by atoms with van der Waals surface area (Å²) < 4.78 is 0. The molecular formula is C13H19N3O4. The fourth-order valence-corrected chi connectivity index (χ4v) is 2.67. The highest BCUT2D eigenvalue weighted by molar-refractivity contribution is 6.39. The number of hydrazone groups is 1. The van der Waals surface area contributed by atoms with Gasteiger partial charge in [0.25, 0.3) is 5.91 Å². The third-order valence-electron chi connectivity index (χ3n) is 4.23. The van der Waals surface area contributed by atoms with E-state index in [1.54, 1.807) is 4.90 Å². The van der Waals surface area contributed by atoms with Crippen molar-refractivity contribution in [2.24, 2.45) is 10.5 Å². The molecule has 0 saturated carbocycles. The van der Waals surface area contributed by atoms with E-state index in [4.69, 9.17) is 0 Å². The zero-order chi connectivity index (χ0) is 14.9. The minimum Gasteiger partial charge on any atom is -0.481 e. The Balaban J connectivity index is 2.11. The van der Waals surface area contributed by atoms with Crippen LogP contribution in [0.15, 0.2) is 5.10 Å². The van der Waals surface area contributed by atoms with Gasteiger partial charge in [0, 0.05) is 33.0 Å². The SMILES string of the molecule is CCC1(C(=O)O)CCN(C(=O)C2=NN(C)C(=O)CC2)C1. The first-order valence-electron chi connectivity index (χ1n) is 6.76. The third kappa shape index (κ3) is 2.39. The summed E-state index contributed by atoms with van der Waals surface area (Å²) in [6.07, 6.45) is 1.56. The normalized spacial score (nSPS) is 26.7.